The number of benzene rings is 1. The average molecular weight is 223 g/mol. The number of nitrogens with zero attached hydrogens (tertiary/aromatic N) is 1. The molecule has 0 N–H and O–H groups in total. The molecular weight excluding hydrogens is 205 g/mol. The third-order valence-electron chi connectivity index (χ3n) is 2.39. The van der Waals surface area contributed by atoms with Crippen LogP contribution in [0.1, 0.15) is 31.1 Å². The van der Waals surface area contributed by atoms with E-state index in [1.54, 1.807) is 17.0 Å². The second kappa shape index (κ2) is 5.10. The largest absolute Gasteiger partial charge is 0.371 e. The van der Waals surface area contributed by atoms with Crippen molar-refractivity contribution in [1.82, 2.24) is 0 Å². The maximum absolute atomic E-state index is 13.7. The number of carbonyl (C=O) groups is 1. The molecule has 88 valence electrons. The Labute approximate surface area is 96.1 Å². The lowest BCUT2D eigenvalue weighted by atomic mass is 10.1. The van der Waals surface area contributed by atoms with Crippen LogP contribution >= 0.6 is 0 Å². The number of hydrogen-bond donors (Lipinski definition) is 0. The van der Waals surface area contributed by atoms with Crippen molar-refractivity contribution in [2.24, 2.45) is 5.92 Å². The Hall–Kier alpha value is -1.38. The second-order valence-corrected chi connectivity index (χ2v) is 4.47. The number of Topliss-reactive ketones (excluding diaryl/α,β-unsaturated/α-hetero) is 1. The molecule has 0 heterocycles. The summed E-state index contributed by atoms with van der Waals surface area (Å²) in [6.07, 6.45) is 0. The standard InChI is InChI=1S/C13H18FNO/c1-9(2)8-15(4)13-11(10(3)16)6-5-7-12(13)14/h5-7,9H,8H2,1-4H3. The van der Waals surface area contributed by atoms with E-state index >= 15 is 0 Å². The van der Waals surface area contributed by atoms with Crippen LogP contribution in [0.15, 0.2) is 18.2 Å². The van der Waals surface area contributed by atoms with Gasteiger partial charge in [-0.2, -0.15) is 0 Å². The summed E-state index contributed by atoms with van der Waals surface area (Å²) < 4.78 is 13.7. The highest BCUT2D eigenvalue weighted by Crippen LogP contribution is 2.24. The average Bonchev–Trinajstić information content (AvgIpc) is 2.15. The van der Waals surface area contributed by atoms with Crippen molar-refractivity contribution in [2.75, 3.05) is 18.5 Å². The van der Waals surface area contributed by atoms with E-state index in [4.69, 9.17) is 0 Å². The quantitative estimate of drug-likeness (QED) is 0.731. The fourth-order valence-corrected chi connectivity index (χ4v) is 1.83. The minimum absolute atomic E-state index is 0.106. The number of halogens is 1. The van der Waals surface area contributed by atoms with Crippen LogP contribution in [0.5, 0.6) is 0 Å². The summed E-state index contributed by atoms with van der Waals surface area (Å²) in [7, 11) is 1.81. The molecule has 0 aliphatic carbocycles. The van der Waals surface area contributed by atoms with E-state index < -0.39 is 0 Å². The molecule has 0 fully saturated rings. The van der Waals surface area contributed by atoms with Gasteiger partial charge in [0.2, 0.25) is 0 Å². The van der Waals surface area contributed by atoms with Gasteiger partial charge in [0.25, 0.3) is 0 Å². The van der Waals surface area contributed by atoms with Crippen molar-refractivity contribution in [1.29, 1.82) is 0 Å². The van der Waals surface area contributed by atoms with Crippen LogP contribution in [0, 0.1) is 11.7 Å². The number of hydrogen-bond acceptors (Lipinski definition) is 2. The molecule has 1 rings (SSSR count). The van der Waals surface area contributed by atoms with Crippen molar-refractivity contribution >= 4 is 11.5 Å². The predicted molar refractivity (Wildman–Crippen MR) is 64.5 cm³/mol. The molecule has 0 unspecified atom stereocenters. The zero-order chi connectivity index (χ0) is 12.3. The van der Waals surface area contributed by atoms with Crippen LogP contribution in [0.25, 0.3) is 0 Å². The molecule has 0 atom stereocenters. The van der Waals surface area contributed by atoms with Crippen LogP contribution in [0.2, 0.25) is 0 Å². The second-order valence-electron chi connectivity index (χ2n) is 4.47. The molecule has 3 heteroatoms. The molecule has 16 heavy (non-hydrogen) atoms. The van der Waals surface area contributed by atoms with Crippen LogP contribution in [0.4, 0.5) is 10.1 Å². The Morgan fingerprint density at radius 3 is 2.56 bits per heavy atom. The number of ketones is 1. The van der Waals surface area contributed by atoms with Gasteiger partial charge >= 0.3 is 0 Å². The highest BCUT2D eigenvalue weighted by Gasteiger charge is 2.16. The molecule has 1 aromatic rings. The van der Waals surface area contributed by atoms with Gasteiger partial charge in [-0.3, -0.25) is 4.79 Å². The molecule has 0 bridgehead atoms. The number of rotatable bonds is 4. The third kappa shape index (κ3) is 2.81. The number of anilines is 1. The molecule has 2 nitrogen and oxygen atoms in total. The summed E-state index contributed by atoms with van der Waals surface area (Å²) in [6, 6.07) is 4.62. The first-order chi connectivity index (χ1) is 7.43. The van der Waals surface area contributed by atoms with Gasteiger partial charge < -0.3 is 4.90 Å². The summed E-state index contributed by atoms with van der Waals surface area (Å²) in [5.41, 5.74) is 0.854. The van der Waals surface area contributed by atoms with Gasteiger partial charge in [0.1, 0.15) is 5.82 Å². The molecule has 0 saturated carbocycles. The molecule has 0 spiro atoms. The van der Waals surface area contributed by atoms with Gasteiger partial charge in [0.05, 0.1) is 5.69 Å². The SMILES string of the molecule is CC(=O)c1cccc(F)c1N(C)CC(C)C. The van der Waals surface area contributed by atoms with E-state index in [0.717, 1.165) is 6.54 Å². The Morgan fingerprint density at radius 1 is 1.44 bits per heavy atom. The smallest absolute Gasteiger partial charge is 0.161 e. The first kappa shape index (κ1) is 12.7. The van der Waals surface area contributed by atoms with Crippen molar-refractivity contribution < 1.29 is 9.18 Å². The van der Waals surface area contributed by atoms with E-state index in [2.05, 4.69) is 13.8 Å². The highest BCUT2D eigenvalue weighted by atomic mass is 19.1. The van der Waals surface area contributed by atoms with E-state index in [-0.39, 0.29) is 11.6 Å². The topological polar surface area (TPSA) is 20.3 Å². The van der Waals surface area contributed by atoms with Crippen LogP contribution in [-0.4, -0.2) is 19.4 Å². The minimum Gasteiger partial charge on any atom is -0.371 e. The summed E-state index contributed by atoms with van der Waals surface area (Å²) in [4.78, 5) is 13.2. The summed E-state index contributed by atoms with van der Waals surface area (Å²) in [5.74, 6) is -0.0228. The maximum Gasteiger partial charge on any atom is 0.161 e. The molecule has 0 saturated heterocycles. The van der Waals surface area contributed by atoms with Crippen LogP contribution < -0.4 is 4.90 Å². The Balaban J connectivity index is 3.14. The fourth-order valence-electron chi connectivity index (χ4n) is 1.83. The van der Waals surface area contributed by atoms with E-state index in [1.165, 1.54) is 13.0 Å². The van der Waals surface area contributed by atoms with Crippen LogP contribution in [0.3, 0.4) is 0 Å². The van der Waals surface area contributed by atoms with Gasteiger partial charge in [0.15, 0.2) is 5.78 Å². The van der Waals surface area contributed by atoms with Crippen molar-refractivity contribution in [2.45, 2.75) is 20.8 Å². The lowest BCUT2D eigenvalue weighted by molar-refractivity contribution is 0.101. The molecule has 0 aromatic heterocycles. The highest BCUT2D eigenvalue weighted by molar-refractivity contribution is 5.99. The van der Waals surface area contributed by atoms with Gasteiger partial charge in [0, 0.05) is 19.2 Å². The van der Waals surface area contributed by atoms with E-state index in [9.17, 15) is 9.18 Å². The number of carbonyl (C=O) groups excluding carboxylic acids is 1. The van der Waals surface area contributed by atoms with Gasteiger partial charge in [-0.15, -0.1) is 0 Å². The lowest BCUT2D eigenvalue weighted by Crippen LogP contribution is -2.25. The van der Waals surface area contributed by atoms with Gasteiger partial charge in [-0.25, -0.2) is 4.39 Å². The maximum atomic E-state index is 13.7. The molecular formula is C13H18FNO. The van der Waals surface area contributed by atoms with Crippen LogP contribution in [-0.2, 0) is 0 Å². The summed E-state index contributed by atoms with van der Waals surface area (Å²) in [6.45, 7) is 6.30. The Morgan fingerprint density at radius 2 is 2.06 bits per heavy atom. The fraction of sp³-hybridized carbons (Fsp3) is 0.462. The first-order valence-electron chi connectivity index (χ1n) is 5.44. The normalized spacial score (nSPS) is 10.6. The Kier molecular flexibility index (Phi) is 4.05. The number of para-hydroxylation sites is 1. The third-order valence-corrected chi connectivity index (χ3v) is 2.39. The van der Waals surface area contributed by atoms with E-state index in [0.29, 0.717) is 17.2 Å². The summed E-state index contributed by atoms with van der Waals surface area (Å²) >= 11 is 0. The predicted octanol–water partition coefficient (Wildman–Crippen LogP) is 3.12. The van der Waals surface area contributed by atoms with Gasteiger partial charge in [-0.05, 0) is 25.0 Å². The van der Waals surface area contributed by atoms with Crippen molar-refractivity contribution in [3.05, 3.63) is 29.6 Å². The molecule has 1 aromatic carbocycles. The molecule has 0 radical (unpaired) electrons. The first-order valence-corrected chi connectivity index (χ1v) is 5.44. The van der Waals surface area contributed by atoms with Crippen molar-refractivity contribution in [3.63, 3.8) is 0 Å². The zero-order valence-electron chi connectivity index (χ0n) is 10.2. The lowest BCUT2D eigenvalue weighted by Gasteiger charge is -2.24. The Bertz CT molecular complexity index is 388. The van der Waals surface area contributed by atoms with Crippen molar-refractivity contribution in [3.8, 4) is 0 Å². The molecule has 0 aliphatic rings. The summed E-state index contributed by atoms with van der Waals surface area (Å²) in [5, 5.41) is 0. The zero-order valence-corrected chi connectivity index (χ0v) is 10.2. The molecule has 0 amide bonds. The monoisotopic (exact) mass is 223 g/mol. The van der Waals surface area contributed by atoms with E-state index in [1.807, 2.05) is 7.05 Å². The van der Waals surface area contributed by atoms with Gasteiger partial charge in [-0.1, -0.05) is 19.9 Å². The minimum atomic E-state index is -0.337. The molecule has 0 aliphatic heterocycles.